The van der Waals surface area contributed by atoms with E-state index in [1.54, 1.807) is 14.2 Å². The molecule has 2 aromatic rings. The average Bonchev–Trinajstić information content (AvgIpc) is 3.50. The summed E-state index contributed by atoms with van der Waals surface area (Å²) in [4.78, 5) is 12.4. The summed E-state index contributed by atoms with van der Waals surface area (Å²) in [5.41, 5.74) is 2.06. The van der Waals surface area contributed by atoms with Crippen molar-refractivity contribution >= 4 is 6.03 Å². The lowest BCUT2D eigenvalue weighted by Crippen LogP contribution is -2.38. The van der Waals surface area contributed by atoms with Gasteiger partial charge >= 0.3 is 6.03 Å². The summed E-state index contributed by atoms with van der Waals surface area (Å²) in [6, 6.07) is 15.4. The number of hydrogen-bond donors (Lipinski definition) is 2. The minimum atomic E-state index is -0.168. The van der Waals surface area contributed by atoms with Crippen molar-refractivity contribution < 1.29 is 14.3 Å². The van der Waals surface area contributed by atoms with Crippen molar-refractivity contribution in [2.45, 2.75) is 25.4 Å². The molecule has 0 spiro atoms. The number of para-hydroxylation sites is 1. The fraction of sp³-hybridized carbons (Fsp3) is 0.350. The number of hydrogen-bond acceptors (Lipinski definition) is 3. The van der Waals surface area contributed by atoms with Crippen LogP contribution in [0.15, 0.2) is 48.5 Å². The summed E-state index contributed by atoms with van der Waals surface area (Å²) in [6.45, 7) is 0.426. The lowest BCUT2D eigenvalue weighted by atomic mass is 10.0. The van der Waals surface area contributed by atoms with Crippen LogP contribution >= 0.6 is 0 Å². The van der Waals surface area contributed by atoms with Gasteiger partial charge in [-0.05, 0) is 42.5 Å². The van der Waals surface area contributed by atoms with E-state index in [0.717, 1.165) is 35.5 Å². The average molecular weight is 340 g/mol. The summed E-state index contributed by atoms with van der Waals surface area (Å²) in [7, 11) is 3.28. The summed E-state index contributed by atoms with van der Waals surface area (Å²) in [5.74, 6) is 2.10. The number of methoxy groups -OCH3 is 2. The van der Waals surface area contributed by atoms with Gasteiger partial charge in [-0.25, -0.2) is 4.79 Å². The zero-order valence-electron chi connectivity index (χ0n) is 14.6. The maximum absolute atomic E-state index is 12.4. The minimum Gasteiger partial charge on any atom is -0.497 e. The fourth-order valence-corrected chi connectivity index (χ4v) is 2.93. The topological polar surface area (TPSA) is 59.6 Å². The van der Waals surface area contributed by atoms with Crippen molar-refractivity contribution in [2.75, 3.05) is 14.2 Å². The summed E-state index contributed by atoms with van der Waals surface area (Å²) in [6.07, 6.45) is 2.28. The third-order valence-corrected chi connectivity index (χ3v) is 4.49. The predicted octanol–water partition coefficient (Wildman–Crippen LogP) is 3.65. The molecular weight excluding hydrogens is 316 g/mol. The van der Waals surface area contributed by atoms with Crippen molar-refractivity contribution in [3.8, 4) is 11.5 Å². The standard InChI is InChI=1S/C20H24N2O3/c1-24-17-11-9-15(10-12-17)19(14-7-8-14)22-20(23)21-13-16-5-3-4-6-18(16)25-2/h3-6,9-12,14,19H,7-8,13H2,1-2H3,(H2,21,22,23)/t19-/m0/s1. The monoisotopic (exact) mass is 340 g/mol. The number of amides is 2. The van der Waals surface area contributed by atoms with Gasteiger partial charge in [0.15, 0.2) is 0 Å². The van der Waals surface area contributed by atoms with Crippen molar-refractivity contribution in [1.29, 1.82) is 0 Å². The first-order chi connectivity index (χ1) is 12.2. The van der Waals surface area contributed by atoms with E-state index < -0.39 is 0 Å². The van der Waals surface area contributed by atoms with Gasteiger partial charge in [-0.2, -0.15) is 0 Å². The van der Waals surface area contributed by atoms with Crippen LogP contribution in [0.4, 0.5) is 4.79 Å². The number of benzene rings is 2. The SMILES string of the molecule is COc1ccc([C@@H](NC(=O)NCc2ccccc2OC)C2CC2)cc1. The molecule has 0 unspecified atom stereocenters. The highest BCUT2D eigenvalue weighted by Gasteiger charge is 2.33. The third kappa shape index (κ3) is 4.44. The predicted molar refractivity (Wildman–Crippen MR) is 96.8 cm³/mol. The maximum atomic E-state index is 12.4. The van der Waals surface area contributed by atoms with E-state index in [-0.39, 0.29) is 12.1 Å². The molecule has 3 rings (SSSR count). The van der Waals surface area contributed by atoms with Gasteiger partial charge in [-0.15, -0.1) is 0 Å². The molecule has 0 radical (unpaired) electrons. The highest BCUT2D eigenvalue weighted by atomic mass is 16.5. The van der Waals surface area contributed by atoms with E-state index in [0.29, 0.717) is 12.5 Å². The Morgan fingerprint density at radius 2 is 1.80 bits per heavy atom. The van der Waals surface area contributed by atoms with E-state index in [9.17, 15) is 4.79 Å². The van der Waals surface area contributed by atoms with Gasteiger partial charge in [0.2, 0.25) is 0 Å². The first kappa shape index (κ1) is 17.1. The first-order valence-corrected chi connectivity index (χ1v) is 8.51. The molecule has 0 bridgehead atoms. The molecule has 2 aromatic carbocycles. The molecule has 1 saturated carbocycles. The van der Waals surface area contributed by atoms with Crippen LogP contribution in [0.5, 0.6) is 11.5 Å². The molecule has 132 valence electrons. The van der Waals surface area contributed by atoms with Gasteiger partial charge in [0.1, 0.15) is 11.5 Å². The van der Waals surface area contributed by atoms with Gasteiger partial charge in [-0.1, -0.05) is 30.3 Å². The smallest absolute Gasteiger partial charge is 0.315 e. The number of carbonyl (C=O) groups is 1. The molecule has 1 atom stereocenters. The van der Waals surface area contributed by atoms with Gasteiger partial charge < -0.3 is 20.1 Å². The summed E-state index contributed by atoms with van der Waals surface area (Å²) >= 11 is 0. The molecule has 0 aromatic heterocycles. The molecule has 0 heterocycles. The maximum Gasteiger partial charge on any atom is 0.315 e. The molecule has 5 heteroatoms. The van der Waals surface area contributed by atoms with E-state index in [2.05, 4.69) is 10.6 Å². The van der Waals surface area contributed by atoms with Crippen molar-refractivity contribution in [3.63, 3.8) is 0 Å². The zero-order valence-corrected chi connectivity index (χ0v) is 14.6. The van der Waals surface area contributed by atoms with Gasteiger partial charge in [-0.3, -0.25) is 0 Å². The second-order valence-electron chi connectivity index (χ2n) is 6.23. The van der Waals surface area contributed by atoms with Crippen molar-refractivity contribution in [1.82, 2.24) is 10.6 Å². The Labute approximate surface area is 148 Å². The van der Waals surface area contributed by atoms with Crippen LogP contribution in [0.1, 0.15) is 30.0 Å². The van der Waals surface area contributed by atoms with Crippen molar-refractivity contribution in [2.24, 2.45) is 5.92 Å². The molecule has 25 heavy (non-hydrogen) atoms. The Kier molecular flexibility index (Phi) is 5.43. The van der Waals surface area contributed by atoms with Crippen LogP contribution in [-0.2, 0) is 6.54 Å². The number of ether oxygens (including phenoxy) is 2. The Balaban J connectivity index is 1.61. The first-order valence-electron chi connectivity index (χ1n) is 8.51. The molecule has 0 aliphatic heterocycles. The number of carbonyl (C=O) groups excluding carboxylic acids is 1. The Bertz CT molecular complexity index is 711. The van der Waals surface area contributed by atoms with E-state index in [1.807, 2.05) is 48.5 Å². The summed E-state index contributed by atoms with van der Waals surface area (Å²) < 4.78 is 10.5. The van der Waals surface area contributed by atoms with E-state index >= 15 is 0 Å². The normalized spacial score (nSPS) is 14.5. The third-order valence-electron chi connectivity index (χ3n) is 4.49. The van der Waals surface area contributed by atoms with Crippen LogP contribution in [0.2, 0.25) is 0 Å². The molecular formula is C20H24N2O3. The van der Waals surface area contributed by atoms with Gasteiger partial charge in [0.25, 0.3) is 0 Å². The van der Waals surface area contributed by atoms with Crippen LogP contribution in [-0.4, -0.2) is 20.3 Å². The second kappa shape index (κ2) is 7.92. The quantitative estimate of drug-likeness (QED) is 0.809. The van der Waals surface area contributed by atoms with E-state index in [1.165, 1.54) is 0 Å². The van der Waals surface area contributed by atoms with Crippen molar-refractivity contribution in [3.05, 3.63) is 59.7 Å². The Morgan fingerprint density at radius 3 is 2.44 bits per heavy atom. The summed E-state index contributed by atoms with van der Waals surface area (Å²) in [5, 5.41) is 6.03. The number of urea groups is 1. The van der Waals surface area contributed by atoms with Crippen LogP contribution in [0.25, 0.3) is 0 Å². The molecule has 1 fully saturated rings. The largest absolute Gasteiger partial charge is 0.497 e. The van der Waals surface area contributed by atoms with E-state index in [4.69, 9.17) is 9.47 Å². The fourth-order valence-electron chi connectivity index (χ4n) is 2.93. The molecule has 2 N–H and O–H groups in total. The van der Waals surface area contributed by atoms with Crippen LogP contribution in [0, 0.1) is 5.92 Å². The molecule has 1 aliphatic carbocycles. The van der Waals surface area contributed by atoms with Gasteiger partial charge in [0.05, 0.1) is 20.3 Å². The Hall–Kier alpha value is -2.69. The molecule has 1 aliphatic rings. The van der Waals surface area contributed by atoms with Crippen LogP contribution < -0.4 is 20.1 Å². The second-order valence-corrected chi connectivity index (χ2v) is 6.23. The lowest BCUT2D eigenvalue weighted by molar-refractivity contribution is 0.235. The molecule has 2 amide bonds. The molecule has 0 saturated heterocycles. The van der Waals surface area contributed by atoms with Crippen LogP contribution in [0.3, 0.4) is 0 Å². The number of nitrogens with one attached hydrogen (secondary N) is 2. The van der Waals surface area contributed by atoms with Gasteiger partial charge in [0, 0.05) is 12.1 Å². The zero-order chi connectivity index (χ0) is 17.6. The highest BCUT2D eigenvalue weighted by molar-refractivity contribution is 5.74. The number of rotatable bonds is 7. The highest BCUT2D eigenvalue weighted by Crippen LogP contribution is 2.41. The lowest BCUT2D eigenvalue weighted by Gasteiger charge is -2.20. The molecule has 5 nitrogen and oxygen atoms in total. The minimum absolute atomic E-state index is 0.0311. The Morgan fingerprint density at radius 1 is 1.08 bits per heavy atom.